The van der Waals surface area contributed by atoms with Crippen molar-refractivity contribution in [1.82, 2.24) is 9.97 Å². The smallest absolute Gasteiger partial charge is 0.360 e. The molecule has 0 aliphatic heterocycles. The van der Waals surface area contributed by atoms with Gasteiger partial charge in [-0.05, 0) is 24.4 Å². The molecule has 0 spiro atoms. The number of rotatable bonds is 3. The molecule has 120 valence electrons. The van der Waals surface area contributed by atoms with Gasteiger partial charge in [-0.1, -0.05) is 17.3 Å². The van der Waals surface area contributed by atoms with Crippen LogP contribution in [0.3, 0.4) is 0 Å². The van der Waals surface area contributed by atoms with Gasteiger partial charge in [0, 0.05) is 5.38 Å². The van der Waals surface area contributed by atoms with Gasteiger partial charge in [0.2, 0.25) is 5.71 Å². The number of aromatic amines is 1. The van der Waals surface area contributed by atoms with E-state index >= 15 is 0 Å². The highest BCUT2D eigenvalue weighted by Gasteiger charge is 2.16. The van der Waals surface area contributed by atoms with Crippen LogP contribution in [0.5, 0.6) is 0 Å². The van der Waals surface area contributed by atoms with E-state index in [0.29, 0.717) is 5.13 Å². The number of thiazole rings is 2. The van der Waals surface area contributed by atoms with E-state index < -0.39 is 5.97 Å². The molecule has 0 saturated heterocycles. The number of hydrogen-bond donors (Lipinski definition) is 3. The fraction of sp³-hybridized carbons (Fsp3) is 0.0769. The van der Waals surface area contributed by atoms with Crippen LogP contribution in [0, 0.1) is 3.95 Å². The topological polar surface area (TPSA) is 114 Å². The summed E-state index contributed by atoms with van der Waals surface area (Å²) in [5, 5.41) is 13.8. The molecule has 0 fully saturated rings. The molecule has 0 unspecified atom stereocenters. The second-order valence-corrected chi connectivity index (χ2v) is 6.62. The maximum Gasteiger partial charge on any atom is 0.360 e. The third-order valence-corrected chi connectivity index (χ3v) is 4.37. The molecular formula is C13H12N4O3S3. The Balaban J connectivity index is 0.000000172. The van der Waals surface area contributed by atoms with Crippen LogP contribution in [-0.2, 0) is 9.63 Å². The van der Waals surface area contributed by atoms with Gasteiger partial charge in [0.1, 0.15) is 12.8 Å². The Kier molecular flexibility index (Phi) is 5.79. The predicted molar refractivity (Wildman–Crippen MR) is 94.7 cm³/mol. The van der Waals surface area contributed by atoms with E-state index in [4.69, 9.17) is 23.1 Å². The molecule has 1 aromatic carbocycles. The standard InChI is InChI=1S/C7H5NS2.C6H7N3O3S/c9-7-8-5-3-1-2-4-6(5)10-7;1-12-9-4(5(10)11)3-2-13-6(7)8-3/h1-4H,(H,8,9);2H,1H3,(H2,7,8)(H,10,11)/b;9-4-. The number of hydrogen-bond acceptors (Lipinski definition) is 8. The number of carboxylic acid groups (broad SMARTS) is 1. The SMILES string of the molecule is CO/N=C(\C(=O)O)c1csc(N)n1.S=c1[nH]c2ccccc2s1. The first-order valence-electron chi connectivity index (χ1n) is 6.15. The quantitative estimate of drug-likeness (QED) is 0.372. The zero-order chi connectivity index (χ0) is 16.8. The summed E-state index contributed by atoms with van der Waals surface area (Å²) in [5.74, 6) is -1.20. The number of aliphatic carboxylic acids is 1. The van der Waals surface area contributed by atoms with Crippen LogP contribution in [0.25, 0.3) is 10.2 Å². The Labute approximate surface area is 144 Å². The average molecular weight is 368 g/mol. The molecule has 0 aliphatic rings. The fourth-order valence-corrected chi connectivity index (χ4v) is 3.24. The Morgan fingerprint density at radius 3 is 2.78 bits per heavy atom. The Bertz CT molecular complexity index is 861. The molecular weight excluding hydrogens is 356 g/mol. The minimum atomic E-state index is -1.20. The summed E-state index contributed by atoms with van der Waals surface area (Å²) in [6.45, 7) is 0. The summed E-state index contributed by atoms with van der Waals surface area (Å²) in [6, 6.07) is 8.11. The zero-order valence-corrected chi connectivity index (χ0v) is 14.3. The number of nitrogens with zero attached hydrogens (tertiary/aromatic N) is 2. The van der Waals surface area contributed by atoms with E-state index in [2.05, 4.69) is 26.0 Å². The summed E-state index contributed by atoms with van der Waals surface area (Å²) in [5.41, 5.74) is 6.42. The number of para-hydroxylation sites is 1. The molecule has 23 heavy (non-hydrogen) atoms. The van der Waals surface area contributed by atoms with Gasteiger partial charge >= 0.3 is 5.97 Å². The molecule has 10 heteroatoms. The van der Waals surface area contributed by atoms with Crippen molar-refractivity contribution in [3.8, 4) is 0 Å². The molecule has 0 radical (unpaired) electrons. The van der Waals surface area contributed by atoms with Crippen molar-refractivity contribution < 1.29 is 14.7 Å². The lowest BCUT2D eigenvalue weighted by Crippen LogP contribution is -2.15. The van der Waals surface area contributed by atoms with E-state index in [-0.39, 0.29) is 11.4 Å². The first-order chi connectivity index (χ1) is 11.0. The molecule has 0 amide bonds. The number of nitrogens with two attached hydrogens (primary N) is 1. The van der Waals surface area contributed by atoms with Crippen molar-refractivity contribution in [3.63, 3.8) is 0 Å². The molecule has 0 saturated carbocycles. The average Bonchev–Trinajstić information content (AvgIpc) is 3.09. The van der Waals surface area contributed by atoms with Crippen molar-refractivity contribution in [1.29, 1.82) is 0 Å². The Hall–Kier alpha value is -2.30. The van der Waals surface area contributed by atoms with Gasteiger partial charge in [-0.3, -0.25) is 0 Å². The molecule has 0 bridgehead atoms. The van der Waals surface area contributed by atoms with Gasteiger partial charge in [0.05, 0.1) is 10.2 Å². The van der Waals surface area contributed by atoms with Crippen LogP contribution in [0.4, 0.5) is 5.13 Å². The van der Waals surface area contributed by atoms with Gasteiger partial charge in [0.15, 0.2) is 9.09 Å². The lowest BCUT2D eigenvalue weighted by atomic mass is 10.3. The number of aromatic nitrogens is 2. The molecule has 0 atom stereocenters. The highest BCUT2D eigenvalue weighted by Crippen LogP contribution is 2.17. The number of fused-ring (bicyclic) bond motifs is 1. The maximum absolute atomic E-state index is 10.6. The van der Waals surface area contributed by atoms with E-state index in [0.717, 1.165) is 20.8 Å². The largest absolute Gasteiger partial charge is 0.476 e. The third kappa shape index (κ3) is 4.58. The van der Waals surface area contributed by atoms with E-state index in [1.165, 1.54) is 17.2 Å². The van der Waals surface area contributed by atoms with Crippen LogP contribution in [-0.4, -0.2) is 33.9 Å². The third-order valence-electron chi connectivity index (χ3n) is 2.48. The number of anilines is 1. The van der Waals surface area contributed by atoms with Gasteiger partial charge < -0.3 is 20.7 Å². The van der Waals surface area contributed by atoms with Crippen molar-refractivity contribution >= 4 is 61.9 Å². The number of benzene rings is 1. The monoisotopic (exact) mass is 368 g/mol. The summed E-state index contributed by atoms with van der Waals surface area (Å²) in [7, 11) is 1.26. The molecule has 3 rings (SSSR count). The predicted octanol–water partition coefficient (Wildman–Crippen LogP) is 3.12. The summed E-state index contributed by atoms with van der Waals surface area (Å²) >= 11 is 7.73. The summed E-state index contributed by atoms with van der Waals surface area (Å²) < 4.78 is 2.08. The van der Waals surface area contributed by atoms with E-state index in [1.54, 1.807) is 11.3 Å². The van der Waals surface area contributed by atoms with Crippen LogP contribution in [0.15, 0.2) is 34.8 Å². The first-order valence-corrected chi connectivity index (χ1v) is 8.25. The number of carboxylic acids is 1. The second kappa shape index (κ2) is 7.81. The van der Waals surface area contributed by atoms with Crippen molar-refractivity contribution in [2.24, 2.45) is 5.16 Å². The molecule has 4 N–H and O–H groups in total. The highest BCUT2D eigenvalue weighted by atomic mass is 32.1. The molecule has 3 aromatic rings. The van der Waals surface area contributed by atoms with Gasteiger partial charge in [-0.2, -0.15) is 0 Å². The number of nitrogen functional groups attached to an aromatic ring is 1. The number of oxime groups is 1. The van der Waals surface area contributed by atoms with E-state index in [1.807, 2.05) is 18.2 Å². The van der Waals surface area contributed by atoms with E-state index in [9.17, 15) is 4.79 Å². The minimum absolute atomic E-state index is 0.205. The fourth-order valence-electron chi connectivity index (χ4n) is 1.58. The number of H-pyrrole nitrogens is 1. The number of carbonyl (C=O) groups is 1. The van der Waals surface area contributed by atoms with Crippen LogP contribution in [0.1, 0.15) is 5.69 Å². The van der Waals surface area contributed by atoms with Crippen molar-refractivity contribution in [2.45, 2.75) is 0 Å². The highest BCUT2D eigenvalue weighted by molar-refractivity contribution is 7.73. The second-order valence-electron chi connectivity index (χ2n) is 4.01. The van der Waals surface area contributed by atoms with Crippen LogP contribution in [0.2, 0.25) is 0 Å². The Morgan fingerprint density at radius 2 is 2.22 bits per heavy atom. The summed E-state index contributed by atoms with van der Waals surface area (Å²) in [4.78, 5) is 21.8. The number of nitrogens with one attached hydrogen (secondary N) is 1. The molecule has 2 heterocycles. The summed E-state index contributed by atoms with van der Waals surface area (Å²) in [6.07, 6.45) is 0. The van der Waals surface area contributed by atoms with Gasteiger partial charge in [-0.15, -0.1) is 22.7 Å². The van der Waals surface area contributed by atoms with Crippen LogP contribution < -0.4 is 5.73 Å². The van der Waals surface area contributed by atoms with Crippen LogP contribution >= 0.6 is 34.9 Å². The Morgan fingerprint density at radius 1 is 1.48 bits per heavy atom. The maximum atomic E-state index is 10.6. The lowest BCUT2D eigenvalue weighted by molar-refractivity contribution is -0.129. The van der Waals surface area contributed by atoms with Crippen molar-refractivity contribution in [2.75, 3.05) is 12.8 Å². The molecule has 2 aromatic heterocycles. The van der Waals surface area contributed by atoms with Crippen molar-refractivity contribution in [3.05, 3.63) is 39.3 Å². The first kappa shape index (κ1) is 17.1. The normalized spacial score (nSPS) is 10.9. The molecule has 0 aliphatic carbocycles. The molecule has 7 nitrogen and oxygen atoms in total. The van der Waals surface area contributed by atoms with Gasteiger partial charge in [-0.25, -0.2) is 9.78 Å². The lowest BCUT2D eigenvalue weighted by Gasteiger charge is -1.94. The zero-order valence-electron chi connectivity index (χ0n) is 11.8. The minimum Gasteiger partial charge on any atom is -0.476 e. The van der Waals surface area contributed by atoms with Gasteiger partial charge in [0.25, 0.3) is 0 Å².